The zero-order chi connectivity index (χ0) is 49.2. The van der Waals surface area contributed by atoms with Gasteiger partial charge >= 0.3 is 0 Å². The molecule has 7 N–H and O–H groups in total. The number of hydrogen-bond donors (Lipinski definition) is 6. The lowest BCUT2D eigenvalue weighted by molar-refractivity contribution is -0.134. The number of benzene rings is 4. The molecule has 2 aliphatic heterocycles. The number of fused-ring (bicyclic) bond motifs is 2. The van der Waals surface area contributed by atoms with Crippen molar-refractivity contribution in [2.45, 2.75) is 42.4 Å². The van der Waals surface area contributed by atoms with Crippen molar-refractivity contribution in [3.8, 4) is 11.5 Å². The van der Waals surface area contributed by atoms with Gasteiger partial charge in [0, 0.05) is 88.0 Å². The van der Waals surface area contributed by atoms with E-state index in [0.29, 0.717) is 105 Å². The summed E-state index contributed by atoms with van der Waals surface area (Å²) >= 11 is 12.0. The number of piperazine rings is 2. The summed E-state index contributed by atoms with van der Waals surface area (Å²) in [5.41, 5.74) is 8.58. The average molecular weight is 1000 g/mol. The van der Waals surface area contributed by atoms with Crippen LogP contribution in [-0.4, -0.2) is 146 Å². The lowest BCUT2D eigenvalue weighted by Crippen LogP contribution is -2.47. The van der Waals surface area contributed by atoms with Crippen molar-refractivity contribution < 1.29 is 51.3 Å². The molecule has 4 aliphatic rings. The maximum absolute atomic E-state index is 13.0. The van der Waals surface area contributed by atoms with Crippen LogP contribution in [0, 0.1) is 0 Å². The highest BCUT2D eigenvalue weighted by Gasteiger charge is 2.30. The van der Waals surface area contributed by atoms with Crippen molar-refractivity contribution in [2.75, 3.05) is 66.5 Å². The van der Waals surface area contributed by atoms with Crippen LogP contribution in [0.5, 0.6) is 11.5 Å². The third-order valence-electron chi connectivity index (χ3n) is 10.9. The van der Waals surface area contributed by atoms with Crippen molar-refractivity contribution in [3.05, 3.63) is 116 Å². The van der Waals surface area contributed by atoms with Gasteiger partial charge in [0.05, 0.1) is 25.5 Å². The van der Waals surface area contributed by atoms with Gasteiger partial charge in [-0.1, -0.05) is 35.3 Å². The van der Waals surface area contributed by atoms with Crippen LogP contribution in [0.4, 0.5) is 0 Å². The lowest BCUT2D eigenvalue weighted by atomic mass is 10.1. The van der Waals surface area contributed by atoms with Gasteiger partial charge in [0.25, 0.3) is 17.8 Å². The van der Waals surface area contributed by atoms with Gasteiger partial charge in [-0.2, -0.15) is 13.7 Å². The lowest BCUT2D eigenvalue weighted by Gasteiger charge is -2.31. The Hall–Kier alpha value is -5.49. The molecule has 2 amide bonds. The van der Waals surface area contributed by atoms with Gasteiger partial charge in [-0.15, -0.1) is 0 Å². The fourth-order valence-corrected chi connectivity index (χ4v) is 11.0. The number of amides is 2. The number of halogens is 2. The summed E-state index contributed by atoms with van der Waals surface area (Å²) in [4.78, 5) is 48.7. The number of sulfonamides is 2. The Morgan fingerprint density at radius 3 is 1.52 bits per heavy atom. The van der Waals surface area contributed by atoms with Crippen LogP contribution in [0.2, 0.25) is 10.0 Å². The van der Waals surface area contributed by atoms with E-state index in [0.717, 1.165) is 18.1 Å². The van der Waals surface area contributed by atoms with Gasteiger partial charge in [0.15, 0.2) is 5.78 Å². The second-order valence-corrected chi connectivity index (χ2v) is 20.5. The number of phenolic OH excluding ortho intramolecular Hbond substituents is 2. The minimum Gasteiger partial charge on any atom is -0.508 e. The number of hydrogen-bond acceptors (Lipinski definition) is 14. The SMILES string of the molecule is CC(=O)O.CN1CCN(S(=O)(=O)c2cccc(C(=O)N/N=C3\CCc4cc(O)cc(Cl)c43)c2)CC1.CN1CCN(S(=O)(=O)c2cccc(C(=O)NN)c2)CC1.O=C1CCc2cc(O)cc(Cl)c21. The molecule has 0 bridgehead atoms. The minimum absolute atomic E-state index is 0.0787. The molecule has 0 atom stereocenters. The van der Waals surface area contributed by atoms with E-state index in [4.69, 9.17) is 44.1 Å². The molecule has 0 radical (unpaired) electrons. The van der Waals surface area contributed by atoms with Crippen molar-refractivity contribution in [3.63, 3.8) is 0 Å². The fraction of sp³-hybridized carbons (Fsp3) is 0.341. The molecule has 2 fully saturated rings. The first kappa shape index (κ1) is 52.5. The number of carbonyl (C=O) groups excluding carboxylic acids is 3. The summed E-state index contributed by atoms with van der Waals surface area (Å²) in [5, 5.41) is 31.2. The number of aryl methyl sites for hydroxylation is 2. The van der Waals surface area contributed by atoms with Gasteiger partial charge in [0.2, 0.25) is 20.0 Å². The molecule has 8 rings (SSSR count). The van der Waals surface area contributed by atoms with Crippen LogP contribution in [0.3, 0.4) is 0 Å². The van der Waals surface area contributed by atoms with Crippen molar-refractivity contribution in [2.24, 2.45) is 10.9 Å². The number of carboxylic acids is 1. The zero-order valence-electron chi connectivity index (χ0n) is 36.9. The molecule has 0 spiro atoms. The number of aliphatic carboxylic acids is 1. The first-order valence-corrected chi connectivity index (χ1v) is 24.5. The van der Waals surface area contributed by atoms with Gasteiger partial charge in [-0.3, -0.25) is 24.6 Å². The van der Waals surface area contributed by atoms with Crippen molar-refractivity contribution in [1.29, 1.82) is 0 Å². The molecule has 2 saturated heterocycles. The Morgan fingerprint density at radius 2 is 1.06 bits per heavy atom. The quantitative estimate of drug-likeness (QED) is 0.0879. The molecule has 67 heavy (non-hydrogen) atoms. The number of Topliss-reactive ketones (excluding diaryl/α,β-unsaturated/α-hetero) is 1. The molecule has 0 aromatic heterocycles. The third-order valence-corrected chi connectivity index (χ3v) is 15.3. The molecule has 0 unspecified atom stereocenters. The van der Waals surface area contributed by atoms with E-state index in [1.54, 1.807) is 24.3 Å². The van der Waals surface area contributed by atoms with E-state index in [2.05, 4.69) is 20.3 Å². The highest BCUT2D eigenvalue weighted by atomic mass is 35.5. The molecular formula is C44H52Cl2N8O11S2. The maximum atomic E-state index is 13.0. The number of nitrogens with one attached hydrogen (secondary N) is 2. The predicted molar refractivity (Wildman–Crippen MR) is 252 cm³/mol. The predicted octanol–water partition coefficient (Wildman–Crippen LogP) is 3.55. The number of nitrogens with two attached hydrogens (primary N) is 1. The molecular weight excluding hydrogens is 952 g/mol. The van der Waals surface area contributed by atoms with E-state index >= 15 is 0 Å². The van der Waals surface area contributed by atoms with E-state index in [1.165, 1.54) is 57.1 Å². The second-order valence-electron chi connectivity index (χ2n) is 15.8. The molecule has 360 valence electrons. The summed E-state index contributed by atoms with van der Waals surface area (Å²) in [6, 6.07) is 17.9. The summed E-state index contributed by atoms with van der Waals surface area (Å²) in [6.45, 7) is 5.54. The number of aromatic hydroxyl groups is 2. The van der Waals surface area contributed by atoms with Gasteiger partial charge in [-0.05, 0) is 105 Å². The highest BCUT2D eigenvalue weighted by Crippen LogP contribution is 2.34. The third kappa shape index (κ3) is 13.6. The zero-order valence-corrected chi connectivity index (χ0v) is 40.1. The van der Waals surface area contributed by atoms with E-state index < -0.39 is 37.8 Å². The monoisotopic (exact) mass is 1000 g/mol. The Balaban J connectivity index is 0.000000198. The highest BCUT2D eigenvalue weighted by molar-refractivity contribution is 7.89. The summed E-state index contributed by atoms with van der Waals surface area (Å²) in [7, 11) is -3.33. The Bertz CT molecular complexity index is 2760. The molecule has 19 nitrogen and oxygen atoms in total. The molecule has 4 aromatic carbocycles. The molecule has 0 saturated carbocycles. The Kier molecular flexibility index (Phi) is 18.0. The van der Waals surface area contributed by atoms with Gasteiger partial charge in [-0.25, -0.2) is 28.1 Å². The van der Waals surface area contributed by atoms with Crippen molar-refractivity contribution >= 4 is 72.5 Å². The standard InChI is InChI=1S/C21H23ClN4O4S.C12H18N4O3S.C9H7ClO2.C2H4O2/c1-25-7-9-26(10-8-25)31(29,30)17-4-2-3-15(12-17)21(28)24-23-19-6-5-14-11-16(27)13-18(22)20(14)19;1-15-5-7-16(8-6-15)20(18,19)11-4-2-3-10(9-11)12(17)14-13;10-7-4-6(11)3-5-1-2-8(12)9(5)7;1-2(3)4/h2-4,11-13,27H,5-10H2,1H3,(H,24,28);2-4,9H,5-8,13H2,1H3,(H,14,17);3-4,11H,1-2H2;1H3,(H,3,4)/b23-19+;;;. The number of ketones is 1. The molecule has 4 aromatic rings. The van der Waals surface area contributed by atoms with E-state index in [1.807, 2.05) is 19.5 Å². The normalized spacial score (nSPS) is 17.1. The van der Waals surface area contributed by atoms with E-state index in [-0.39, 0.29) is 38.2 Å². The van der Waals surface area contributed by atoms with Crippen LogP contribution in [0.25, 0.3) is 0 Å². The number of carboxylic acid groups (broad SMARTS) is 1. The number of hydrazine groups is 1. The topological polar surface area (TPSA) is 273 Å². The second kappa shape index (κ2) is 23.0. The van der Waals surface area contributed by atoms with Crippen LogP contribution < -0.4 is 16.7 Å². The summed E-state index contributed by atoms with van der Waals surface area (Å²) in [5.74, 6) is 3.50. The van der Waals surface area contributed by atoms with Crippen LogP contribution in [0.1, 0.15) is 67.5 Å². The first-order chi connectivity index (χ1) is 31.6. The largest absolute Gasteiger partial charge is 0.508 e. The number of nitrogens with zero attached hydrogens (tertiary/aromatic N) is 5. The number of carbonyl (C=O) groups is 4. The van der Waals surface area contributed by atoms with Crippen molar-refractivity contribution in [1.82, 2.24) is 29.3 Å². The summed E-state index contributed by atoms with van der Waals surface area (Å²) in [6.07, 6.45) is 2.45. The van der Waals surface area contributed by atoms with Crippen LogP contribution in [-0.2, 0) is 37.7 Å². The summed E-state index contributed by atoms with van der Waals surface area (Å²) < 4.78 is 53.8. The number of hydrazone groups is 1. The minimum atomic E-state index is -3.67. The van der Waals surface area contributed by atoms with Crippen LogP contribution in [0.15, 0.2) is 87.7 Å². The number of likely N-dealkylation sites (N-methyl/N-ethyl adjacent to an activating group) is 2. The molecule has 2 heterocycles. The fourth-order valence-electron chi connectivity index (χ4n) is 7.41. The first-order valence-electron chi connectivity index (χ1n) is 20.8. The molecule has 23 heteroatoms. The Labute approximate surface area is 398 Å². The van der Waals surface area contributed by atoms with Gasteiger partial charge in [0.1, 0.15) is 11.5 Å². The number of nitrogen functional groups attached to an aromatic ring is 1. The maximum Gasteiger partial charge on any atom is 0.300 e. The van der Waals surface area contributed by atoms with Crippen LogP contribution >= 0.6 is 23.2 Å². The number of rotatable bonds is 7. The average Bonchev–Trinajstić information content (AvgIpc) is 3.88. The number of phenols is 2. The van der Waals surface area contributed by atoms with Gasteiger partial charge < -0.3 is 25.1 Å². The van der Waals surface area contributed by atoms with E-state index in [9.17, 15) is 36.3 Å². The smallest absolute Gasteiger partial charge is 0.300 e. The Morgan fingerprint density at radius 1 is 0.642 bits per heavy atom. The molecule has 2 aliphatic carbocycles.